The molecule has 0 atom stereocenters. The molecule has 26 heavy (non-hydrogen) atoms. The first-order chi connectivity index (χ1) is 12.5. The van der Waals surface area contributed by atoms with Gasteiger partial charge in [0.25, 0.3) is 5.91 Å². The second-order valence-corrected chi connectivity index (χ2v) is 7.24. The van der Waals surface area contributed by atoms with E-state index in [0.29, 0.717) is 12.5 Å². The number of hydrogen-bond acceptors (Lipinski definition) is 6. The summed E-state index contributed by atoms with van der Waals surface area (Å²) in [6.45, 7) is 8.53. The smallest absolute Gasteiger partial charge is 0.290 e. The van der Waals surface area contributed by atoms with Crippen LogP contribution in [0.15, 0.2) is 28.9 Å². The SMILES string of the molecule is CC(C)Cc1cc(C(=O)NCc2cccnc2N2CCN(C)CC2)on1. The number of anilines is 1. The summed E-state index contributed by atoms with van der Waals surface area (Å²) in [5.74, 6) is 1.42. The van der Waals surface area contributed by atoms with Gasteiger partial charge in [0, 0.05) is 50.6 Å². The molecule has 140 valence electrons. The van der Waals surface area contributed by atoms with E-state index in [0.717, 1.165) is 49.7 Å². The predicted molar refractivity (Wildman–Crippen MR) is 100 cm³/mol. The fraction of sp³-hybridized carbons (Fsp3) is 0.526. The molecule has 3 heterocycles. The van der Waals surface area contributed by atoms with Crippen LogP contribution >= 0.6 is 0 Å². The number of nitrogens with one attached hydrogen (secondary N) is 1. The van der Waals surface area contributed by atoms with Gasteiger partial charge in [-0.25, -0.2) is 4.98 Å². The molecule has 1 fully saturated rings. The summed E-state index contributed by atoms with van der Waals surface area (Å²) >= 11 is 0. The van der Waals surface area contributed by atoms with Gasteiger partial charge in [0.05, 0.1) is 5.69 Å². The summed E-state index contributed by atoms with van der Waals surface area (Å²) in [6.07, 6.45) is 2.60. The van der Waals surface area contributed by atoms with Gasteiger partial charge in [0.15, 0.2) is 0 Å². The fourth-order valence-corrected chi connectivity index (χ4v) is 3.07. The van der Waals surface area contributed by atoms with Crippen molar-refractivity contribution in [2.75, 3.05) is 38.1 Å². The fourth-order valence-electron chi connectivity index (χ4n) is 3.07. The lowest BCUT2D eigenvalue weighted by Crippen LogP contribution is -2.45. The molecule has 3 rings (SSSR count). The number of rotatable bonds is 6. The van der Waals surface area contributed by atoms with E-state index in [4.69, 9.17) is 4.52 Å². The van der Waals surface area contributed by atoms with Crippen LogP contribution in [0.5, 0.6) is 0 Å². The maximum atomic E-state index is 12.4. The largest absolute Gasteiger partial charge is 0.354 e. The zero-order chi connectivity index (χ0) is 18.5. The highest BCUT2D eigenvalue weighted by Gasteiger charge is 2.19. The van der Waals surface area contributed by atoms with Crippen LogP contribution in [0.2, 0.25) is 0 Å². The molecule has 1 amide bonds. The third kappa shape index (κ3) is 4.60. The molecular formula is C19H27N5O2. The van der Waals surface area contributed by atoms with Crippen LogP contribution in [0.25, 0.3) is 0 Å². The van der Waals surface area contributed by atoms with Crippen molar-refractivity contribution < 1.29 is 9.32 Å². The predicted octanol–water partition coefficient (Wildman–Crippen LogP) is 1.95. The van der Waals surface area contributed by atoms with Gasteiger partial charge >= 0.3 is 0 Å². The minimum Gasteiger partial charge on any atom is -0.354 e. The molecule has 7 nitrogen and oxygen atoms in total. The molecule has 0 aliphatic carbocycles. The Morgan fingerprint density at radius 1 is 1.31 bits per heavy atom. The number of hydrogen-bond donors (Lipinski definition) is 1. The standard InChI is InChI=1S/C19H27N5O2/c1-14(2)11-16-12-17(26-22-16)19(25)21-13-15-5-4-6-20-18(15)24-9-7-23(3)8-10-24/h4-6,12,14H,7-11,13H2,1-3H3,(H,21,25). The van der Waals surface area contributed by atoms with Gasteiger partial charge in [-0.1, -0.05) is 25.1 Å². The number of nitrogens with zero attached hydrogens (tertiary/aromatic N) is 4. The summed E-state index contributed by atoms with van der Waals surface area (Å²) in [6, 6.07) is 5.63. The summed E-state index contributed by atoms with van der Waals surface area (Å²) in [5, 5.41) is 6.89. The summed E-state index contributed by atoms with van der Waals surface area (Å²) in [7, 11) is 2.13. The molecule has 1 aliphatic heterocycles. The van der Waals surface area contributed by atoms with E-state index >= 15 is 0 Å². The molecule has 0 bridgehead atoms. The van der Waals surface area contributed by atoms with Crippen LogP contribution in [0.4, 0.5) is 5.82 Å². The van der Waals surface area contributed by atoms with Crippen molar-refractivity contribution in [3.05, 3.63) is 41.4 Å². The van der Waals surface area contributed by atoms with Crippen LogP contribution in [-0.4, -0.2) is 54.2 Å². The van der Waals surface area contributed by atoms with Gasteiger partial charge in [-0.3, -0.25) is 4.79 Å². The lowest BCUT2D eigenvalue weighted by molar-refractivity contribution is 0.0914. The minimum atomic E-state index is -0.249. The number of aromatic nitrogens is 2. The second kappa shape index (κ2) is 8.31. The number of carbonyl (C=O) groups excluding carboxylic acids is 1. The van der Waals surface area contributed by atoms with Crippen molar-refractivity contribution in [2.24, 2.45) is 5.92 Å². The molecule has 0 saturated carbocycles. The number of pyridine rings is 1. The summed E-state index contributed by atoms with van der Waals surface area (Å²) in [5.41, 5.74) is 1.82. The third-order valence-corrected chi connectivity index (χ3v) is 4.51. The van der Waals surface area contributed by atoms with Crippen molar-refractivity contribution in [1.82, 2.24) is 20.4 Å². The molecule has 1 saturated heterocycles. The number of amides is 1. The van der Waals surface area contributed by atoms with Gasteiger partial charge in [0.1, 0.15) is 5.82 Å². The highest BCUT2D eigenvalue weighted by molar-refractivity contribution is 5.91. The van der Waals surface area contributed by atoms with Crippen molar-refractivity contribution in [2.45, 2.75) is 26.8 Å². The van der Waals surface area contributed by atoms with Crippen molar-refractivity contribution in [3.8, 4) is 0 Å². The minimum absolute atomic E-state index is 0.249. The normalized spacial score (nSPS) is 15.5. The zero-order valence-corrected chi connectivity index (χ0v) is 15.7. The maximum absolute atomic E-state index is 12.4. The quantitative estimate of drug-likeness (QED) is 0.852. The molecular weight excluding hydrogens is 330 g/mol. The zero-order valence-electron chi connectivity index (χ0n) is 15.7. The number of piperazine rings is 1. The van der Waals surface area contributed by atoms with Crippen molar-refractivity contribution >= 4 is 11.7 Å². The molecule has 0 radical (unpaired) electrons. The molecule has 0 aromatic carbocycles. The van der Waals surface area contributed by atoms with Crippen molar-refractivity contribution in [3.63, 3.8) is 0 Å². The first-order valence-corrected chi connectivity index (χ1v) is 9.14. The van der Waals surface area contributed by atoms with Gasteiger partial charge in [-0.15, -0.1) is 0 Å². The maximum Gasteiger partial charge on any atom is 0.290 e. The second-order valence-electron chi connectivity index (χ2n) is 7.24. The van der Waals surface area contributed by atoms with Crippen LogP contribution in [-0.2, 0) is 13.0 Å². The Labute approximate surface area is 154 Å². The van der Waals surface area contributed by atoms with Crippen molar-refractivity contribution in [1.29, 1.82) is 0 Å². The van der Waals surface area contributed by atoms with E-state index in [1.807, 2.05) is 12.1 Å². The summed E-state index contributed by atoms with van der Waals surface area (Å²) in [4.78, 5) is 21.5. The number of likely N-dealkylation sites (N-methyl/N-ethyl adjacent to an activating group) is 1. The van der Waals surface area contributed by atoms with E-state index in [9.17, 15) is 4.79 Å². The molecule has 1 aliphatic rings. The molecule has 7 heteroatoms. The molecule has 2 aromatic rings. The van der Waals surface area contributed by atoms with E-state index in [2.05, 4.69) is 46.2 Å². The summed E-state index contributed by atoms with van der Waals surface area (Å²) < 4.78 is 5.18. The Bertz CT molecular complexity index is 735. The molecule has 1 N–H and O–H groups in total. The topological polar surface area (TPSA) is 74.5 Å². The highest BCUT2D eigenvalue weighted by atomic mass is 16.5. The van der Waals surface area contributed by atoms with Gasteiger partial charge in [0.2, 0.25) is 5.76 Å². The van der Waals surface area contributed by atoms with E-state index < -0.39 is 0 Å². The van der Waals surface area contributed by atoms with E-state index in [-0.39, 0.29) is 11.7 Å². The Kier molecular flexibility index (Phi) is 5.88. The Morgan fingerprint density at radius 2 is 2.08 bits per heavy atom. The van der Waals surface area contributed by atoms with E-state index in [1.54, 1.807) is 12.3 Å². The van der Waals surface area contributed by atoms with Gasteiger partial charge in [-0.05, 0) is 25.5 Å². The average molecular weight is 357 g/mol. The highest BCUT2D eigenvalue weighted by Crippen LogP contribution is 2.19. The number of carbonyl (C=O) groups is 1. The molecule has 0 unspecified atom stereocenters. The Hall–Kier alpha value is -2.41. The monoisotopic (exact) mass is 357 g/mol. The third-order valence-electron chi connectivity index (χ3n) is 4.51. The Morgan fingerprint density at radius 3 is 2.81 bits per heavy atom. The van der Waals surface area contributed by atoms with E-state index in [1.165, 1.54) is 0 Å². The Balaban J connectivity index is 1.62. The van der Waals surface area contributed by atoms with Crippen LogP contribution in [0.1, 0.15) is 35.7 Å². The average Bonchev–Trinajstić information content (AvgIpc) is 3.08. The molecule has 0 spiro atoms. The lowest BCUT2D eigenvalue weighted by atomic mass is 10.1. The van der Waals surface area contributed by atoms with Crippen LogP contribution in [0, 0.1) is 5.92 Å². The first-order valence-electron chi connectivity index (χ1n) is 9.14. The van der Waals surface area contributed by atoms with Crippen LogP contribution in [0.3, 0.4) is 0 Å². The van der Waals surface area contributed by atoms with Gasteiger partial charge in [-0.2, -0.15) is 0 Å². The molecule has 2 aromatic heterocycles. The van der Waals surface area contributed by atoms with Crippen LogP contribution < -0.4 is 10.2 Å². The first kappa shape index (κ1) is 18.4. The lowest BCUT2D eigenvalue weighted by Gasteiger charge is -2.34. The van der Waals surface area contributed by atoms with Gasteiger partial charge < -0.3 is 19.6 Å².